The van der Waals surface area contributed by atoms with Gasteiger partial charge in [0.15, 0.2) is 5.96 Å². The average molecular weight is 373 g/mol. The summed E-state index contributed by atoms with van der Waals surface area (Å²) in [4.78, 5) is 7.45. The first-order valence-electron chi connectivity index (χ1n) is 10.7. The fourth-order valence-corrected chi connectivity index (χ4v) is 4.15. The van der Waals surface area contributed by atoms with Crippen molar-refractivity contribution in [3.05, 3.63) is 35.9 Å². The van der Waals surface area contributed by atoms with E-state index >= 15 is 0 Å². The van der Waals surface area contributed by atoms with Crippen LogP contribution in [-0.4, -0.2) is 60.8 Å². The van der Waals surface area contributed by atoms with E-state index in [1.54, 1.807) is 0 Å². The Kier molecular flexibility index (Phi) is 7.96. The van der Waals surface area contributed by atoms with E-state index in [0.29, 0.717) is 12.0 Å². The normalized spacial score (nSPS) is 26.9. The largest absolute Gasteiger partial charge is 0.393 e. The Hall–Kier alpha value is -1.59. The lowest BCUT2D eigenvalue weighted by molar-refractivity contribution is 0.120. The molecule has 5 heteroatoms. The van der Waals surface area contributed by atoms with Crippen LogP contribution in [0.4, 0.5) is 0 Å². The van der Waals surface area contributed by atoms with Gasteiger partial charge in [-0.2, -0.15) is 0 Å². The predicted octanol–water partition coefficient (Wildman–Crippen LogP) is 2.41. The first-order chi connectivity index (χ1) is 13.2. The van der Waals surface area contributed by atoms with Crippen molar-refractivity contribution in [1.82, 2.24) is 15.5 Å². The summed E-state index contributed by atoms with van der Waals surface area (Å²) in [6, 6.07) is 11.2. The molecule has 1 heterocycles. The standard InChI is InChI=1S/C22H36N4O/c1-2-23-22(25-20-8-10-21(27)11-9-20)24-16-19-13-15-26(17-19)14-12-18-6-4-3-5-7-18/h3-7,19-21,27H,2,8-17H2,1H3,(H2,23,24,25). The van der Waals surface area contributed by atoms with Gasteiger partial charge in [0.05, 0.1) is 6.10 Å². The smallest absolute Gasteiger partial charge is 0.191 e. The molecule has 27 heavy (non-hydrogen) atoms. The number of nitrogens with zero attached hydrogens (tertiary/aromatic N) is 2. The van der Waals surface area contributed by atoms with Crippen molar-refractivity contribution in [3.8, 4) is 0 Å². The molecule has 1 saturated heterocycles. The molecule has 1 unspecified atom stereocenters. The topological polar surface area (TPSA) is 59.9 Å². The number of benzene rings is 1. The van der Waals surface area contributed by atoms with Gasteiger partial charge in [-0.15, -0.1) is 0 Å². The van der Waals surface area contributed by atoms with E-state index in [1.165, 1.54) is 18.5 Å². The van der Waals surface area contributed by atoms with Crippen molar-refractivity contribution in [2.75, 3.05) is 32.7 Å². The van der Waals surface area contributed by atoms with Crippen LogP contribution >= 0.6 is 0 Å². The van der Waals surface area contributed by atoms with Crippen LogP contribution in [0.2, 0.25) is 0 Å². The van der Waals surface area contributed by atoms with Crippen LogP contribution in [0.5, 0.6) is 0 Å². The number of nitrogens with one attached hydrogen (secondary N) is 2. The summed E-state index contributed by atoms with van der Waals surface area (Å²) in [5.74, 6) is 1.60. The summed E-state index contributed by atoms with van der Waals surface area (Å²) < 4.78 is 0. The third-order valence-corrected chi connectivity index (χ3v) is 5.82. The van der Waals surface area contributed by atoms with Gasteiger partial charge in [0.25, 0.3) is 0 Å². The van der Waals surface area contributed by atoms with Gasteiger partial charge in [-0.3, -0.25) is 4.99 Å². The minimum Gasteiger partial charge on any atom is -0.393 e. The number of aliphatic hydroxyl groups excluding tert-OH is 1. The van der Waals surface area contributed by atoms with Crippen molar-refractivity contribution in [2.45, 2.75) is 57.6 Å². The highest BCUT2D eigenvalue weighted by Crippen LogP contribution is 2.19. The zero-order chi connectivity index (χ0) is 18.9. The molecule has 3 N–H and O–H groups in total. The van der Waals surface area contributed by atoms with Crippen LogP contribution < -0.4 is 10.6 Å². The van der Waals surface area contributed by atoms with Gasteiger partial charge < -0.3 is 20.6 Å². The molecule has 0 amide bonds. The summed E-state index contributed by atoms with van der Waals surface area (Å²) in [5.41, 5.74) is 1.43. The zero-order valence-corrected chi connectivity index (χ0v) is 16.7. The highest BCUT2D eigenvalue weighted by atomic mass is 16.3. The lowest BCUT2D eigenvalue weighted by Gasteiger charge is -2.27. The van der Waals surface area contributed by atoms with E-state index in [9.17, 15) is 5.11 Å². The highest BCUT2D eigenvalue weighted by molar-refractivity contribution is 5.80. The van der Waals surface area contributed by atoms with E-state index in [0.717, 1.165) is 64.2 Å². The third kappa shape index (κ3) is 6.82. The van der Waals surface area contributed by atoms with Gasteiger partial charge in [0.2, 0.25) is 0 Å². The predicted molar refractivity (Wildman–Crippen MR) is 112 cm³/mol. The second kappa shape index (κ2) is 10.7. The van der Waals surface area contributed by atoms with Gasteiger partial charge in [-0.05, 0) is 63.5 Å². The Bertz CT molecular complexity index is 569. The molecule has 1 aliphatic carbocycles. The van der Waals surface area contributed by atoms with Crippen molar-refractivity contribution in [2.24, 2.45) is 10.9 Å². The SMILES string of the molecule is CCNC(=NCC1CCN(CCc2ccccc2)C1)NC1CCC(O)CC1. The molecule has 1 aromatic rings. The van der Waals surface area contributed by atoms with Crippen LogP contribution in [-0.2, 0) is 6.42 Å². The van der Waals surface area contributed by atoms with Crippen LogP contribution in [0.3, 0.4) is 0 Å². The number of hydrogen-bond acceptors (Lipinski definition) is 3. The van der Waals surface area contributed by atoms with Gasteiger partial charge in [0, 0.05) is 32.2 Å². The second-order valence-electron chi connectivity index (χ2n) is 8.06. The highest BCUT2D eigenvalue weighted by Gasteiger charge is 2.23. The maximum atomic E-state index is 9.67. The number of aliphatic imine (C=N–C) groups is 1. The van der Waals surface area contributed by atoms with Crippen LogP contribution in [0.15, 0.2) is 35.3 Å². The molecule has 2 fully saturated rings. The van der Waals surface area contributed by atoms with Crippen molar-refractivity contribution < 1.29 is 5.11 Å². The number of aliphatic hydroxyl groups is 1. The molecule has 0 aromatic heterocycles. The molecular formula is C22H36N4O. The lowest BCUT2D eigenvalue weighted by atomic mass is 9.93. The van der Waals surface area contributed by atoms with Crippen molar-refractivity contribution >= 4 is 5.96 Å². The Morgan fingerprint density at radius 2 is 1.93 bits per heavy atom. The minimum absolute atomic E-state index is 0.108. The van der Waals surface area contributed by atoms with Crippen LogP contribution in [0.25, 0.3) is 0 Å². The van der Waals surface area contributed by atoms with Crippen LogP contribution in [0, 0.1) is 5.92 Å². The van der Waals surface area contributed by atoms with E-state index in [1.807, 2.05) is 0 Å². The van der Waals surface area contributed by atoms with Gasteiger partial charge in [0.1, 0.15) is 0 Å². The number of guanidine groups is 1. The monoisotopic (exact) mass is 372 g/mol. The molecule has 0 bridgehead atoms. The molecule has 5 nitrogen and oxygen atoms in total. The van der Waals surface area contributed by atoms with Gasteiger partial charge >= 0.3 is 0 Å². The average Bonchev–Trinajstić information content (AvgIpc) is 3.15. The molecule has 2 aliphatic rings. The molecule has 1 aliphatic heterocycles. The summed E-state index contributed by atoms with van der Waals surface area (Å²) >= 11 is 0. The van der Waals surface area contributed by atoms with E-state index in [4.69, 9.17) is 4.99 Å². The number of hydrogen-bond donors (Lipinski definition) is 3. The quantitative estimate of drug-likeness (QED) is 0.508. The fourth-order valence-electron chi connectivity index (χ4n) is 4.15. The molecular weight excluding hydrogens is 336 g/mol. The Balaban J connectivity index is 1.41. The molecule has 150 valence electrons. The molecule has 1 aromatic carbocycles. The maximum absolute atomic E-state index is 9.67. The Morgan fingerprint density at radius 3 is 2.67 bits per heavy atom. The number of rotatable bonds is 7. The second-order valence-corrected chi connectivity index (χ2v) is 8.06. The number of likely N-dealkylation sites (tertiary alicyclic amines) is 1. The maximum Gasteiger partial charge on any atom is 0.191 e. The summed E-state index contributed by atoms with van der Waals surface area (Å²) in [5, 5.41) is 16.6. The first kappa shape index (κ1) is 20.2. The van der Waals surface area contributed by atoms with E-state index in [-0.39, 0.29) is 6.10 Å². The van der Waals surface area contributed by atoms with E-state index < -0.39 is 0 Å². The lowest BCUT2D eigenvalue weighted by Crippen LogP contribution is -2.45. The summed E-state index contributed by atoms with van der Waals surface area (Å²) in [6.45, 7) is 7.39. The summed E-state index contributed by atoms with van der Waals surface area (Å²) in [6.07, 6.45) is 6.13. The van der Waals surface area contributed by atoms with Gasteiger partial charge in [-0.1, -0.05) is 30.3 Å². The first-order valence-corrected chi connectivity index (χ1v) is 10.7. The summed E-state index contributed by atoms with van der Waals surface area (Å²) in [7, 11) is 0. The van der Waals surface area contributed by atoms with Crippen molar-refractivity contribution in [1.29, 1.82) is 0 Å². The fraction of sp³-hybridized carbons (Fsp3) is 0.682. The third-order valence-electron chi connectivity index (χ3n) is 5.82. The molecule has 0 radical (unpaired) electrons. The minimum atomic E-state index is -0.108. The molecule has 0 spiro atoms. The molecule has 3 rings (SSSR count). The molecule has 1 saturated carbocycles. The zero-order valence-electron chi connectivity index (χ0n) is 16.7. The van der Waals surface area contributed by atoms with Crippen LogP contribution in [0.1, 0.15) is 44.6 Å². The van der Waals surface area contributed by atoms with E-state index in [2.05, 4.69) is 52.8 Å². The Morgan fingerprint density at radius 1 is 1.15 bits per heavy atom. The van der Waals surface area contributed by atoms with Gasteiger partial charge in [-0.25, -0.2) is 0 Å². The van der Waals surface area contributed by atoms with Crippen molar-refractivity contribution in [3.63, 3.8) is 0 Å². The Labute approximate surface area is 164 Å². The molecule has 1 atom stereocenters.